The Morgan fingerprint density at radius 3 is 1.05 bits per heavy atom. The molecule has 4 aliphatic carbocycles. The number of H-pyrrole nitrogens is 2. The summed E-state index contributed by atoms with van der Waals surface area (Å²) in [5, 5.41) is 0. The molecular formula is C34H26Fe2N4+4. The maximum absolute atomic E-state index is 4.70. The van der Waals surface area contributed by atoms with Gasteiger partial charge in [0.25, 0.3) is 0 Å². The smallest absolute Gasteiger partial charge is 0.341 e. The Balaban J connectivity index is 0.000000261. The van der Waals surface area contributed by atoms with Crippen LogP contribution in [-0.2, 0) is 34.1 Å². The second-order valence-corrected chi connectivity index (χ2v) is 8.91. The summed E-state index contributed by atoms with van der Waals surface area (Å²) in [6.07, 6.45) is 36.4. The van der Waals surface area contributed by atoms with Gasteiger partial charge >= 0.3 is 34.1 Å². The molecule has 4 nitrogen and oxygen atoms in total. The predicted octanol–water partition coefficient (Wildman–Crippen LogP) is 6.65. The molecule has 0 spiro atoms. The molecule has 20 radical (unpaired) electrons. The molecule has 4 aromatic rings. The van der Waals surface area contributed by atoms with E-state index in [2.05, 4.69) is 72.0 Å². The summed E-state index contributed by atoms with van der Waals surface area (Å²) in [5.74, 6) is 4.02. The molecule has 2 N–H and O–H groups in total. The number of aromatic nitrogens is 4. The van der Waals surface area contributed by atoms with Crippen LogP contribution < -0.4 is 0 Å². The second kappa shape index (κ2) is 15.6. The normalized spacial score (nSPS) is 19.1. The maximum Gasteiger partial charge on any atom is 2.00 e. The van der Waals surface area contributed by atoms with E-state index in [4.69, 9.17) is 9.97 Å². The molecule has 4 fully saturated rings. The van der Waals surface area contributed by atoms with Crippen LogP contribution >= 0.6 is 0 Å². The number of aromatic amines is 2. The van der Waals surface area contributed by atoms with E-state index in [1.54, 1.807) is 0 Å². The third-order valence-electron chi connectivity index (χ3n) is 6.28. The zero-order valence-corrected chi connectivity index (χ0v) is 23.7. The molecule has 2 aromatic carbocycles. The summed E-state index contributed by atoms with van der Waals surface area (Å²) in [6.45, 7) is 0. The Kier molecular flexibility index (Phi) is 12.2. The van der Waals surface area contributed by atoms with Crippen molar-refractivity contribution >= 4 is 22.1 Å². The Bertz CT molecular complexity index is 1190. The average Bonchev–Trinajstić information content (AvgIpc) is 3.82. The van der Waals surface area contributed by atoms with Gasteiger partial charge in [0.1, 0.15) is 11.6 Å². The molecule has 2 aromatic heterocycles. The number of nitrogens with one attached hydrogen (secondary N) is 2. The zero-order chi connectivity index (χ0) is 25.6. The first kappa shape index (κ1) is 31.4. The van der Waals surface area contributed by atoms with Crippen LogP contribution in [0.5, 0.6) is 0 Å². The van der Waals surface area contributed by atoms with E-state index in [1.807, 2.05) is 89.9 Å². The predicted molar refractivity (Wildman–Crippen MR) is 153 cm³/mol. The third-order valence-corrected chi connectivity index (χ3v) is 6.28. The van der Waals surface area contributed by atoms with Crippen molar-refractivity contribution in [1.29, 1.82) is 0 Å². The topological polar surface area (TPSA) is 57.4 Å². The molecule has 4 aliphatic rings. The fourth-order valence-electron chi connectivity index (χ4n) is 4.36. The largest absolute Gasteiger partial charge is 2.00 e. The minimum atomic E-state index is 0. The summed E-state index contributed by atoms with van der Waals surface area (Å²) in [5.41, 5.74) is 6.32. The average molecular weight is 602 g/mol. The summed E-state index contributed by atoms with van der Waals surface area (Å²) >= 11 is 0. The molecule has 0 atom stereocenters. The molecule has 0 aliphatic heterocycles. The quantitative estimate of drug-likeness (QED) is 0.258. The summed E-state index contributed by atoms with van der Waals surface area (Å²) in [7, 11) is 0. The van der Waals surface area contributed by atoms with E-state index >= 15 is 0 Å². The van der Waals surface area contributed by atoms with E-state index in [9.17, 15) is 0 Å². The molecule has 194 valence electrons. The van der Waals surface area contributed by atoms with Gasteiger partial charge in [0.15, 0.2) is 0 Å². The molecular weight excluding hydrogens is 576 g/mol. The Labute approximate surface area is 261 Å². The summed E-state index contributed by atoms with van der Waals surface area (Å²) < 4.78 is 0. The minimum Gasteiger partial charge on any atom is -0.341 e. The monoisotopic (exact) mass is 602 g/mol. The standard InChI is InChI=1S/C24H16N4.2C5H5.2Fe/c1-2-6-15(5-1)23-25-19-11-9-17(13-21(19)27-23)18-10-12-20-22(14-18)28-24(26-20)16-7-3-4-8-16;2*1-2-4-5-3-1;;/h1-14H,(H,25,27)(H,26,28);2*1-5H;;/q;;;2*+2. The van der Waals surface area contributed by atoms with Crippen molar-refractivity contribution < 1.29 is 34.1 Å². The number of imidazole rings is 2. The number of benzene rings is 2. The number of hydrogen-bond acceptors (Lipinski definition) is 2. The Morgan fingerprint density at radius 1 is 0.400 bits per heavy atom. The van der Waals surface area contributed by atoms with Gasteiger partial charge in [-0.25, -0.2) is 9.97 Å². The van der Waals surface area contributed by atoms with Crippen molar-refractivity contribution in [1.82, 2.24) is 19.9 Å². The molecule has 4 saturated carbocycles. The van der Waals surface area contributed by atoms with Gasteiger partial charge < -0.3 is 9.97 Å². The van der Waals surface area contributed by atoms with Gasteiger partial charge in [-0.1, -0.05) is 12.1 Å². The summed E-state index contributed by atoms with van der Waals surface area (Å²) in [6, 6.07) is 12.7. The van der Waals surface area contributed by atoms with Crippen molar-refractivity contribution in [3.63, 3.8) is 0 Å². The van der Waals surface area contributed by atoms with E-state index in [-0.39, 0.29) is 34.1 Å². The van der Waals surface area contributed by atoms with Crippen molar-refractivity contribution in [2.45, 2.75) is 0 Å². The van der Waals surface area contributed by atoms with E-state index in [0.717, 1.165) is 56.7 Å². The molecule has 40 heavy (non-hydrogen) atoms. The van der Waals surface area contributed by atoms with Gasteiger partial charge in [0, 0.05) is 11.8 Å². The summed E-state index contributed by atoms with van der Waals surface area (Å²) in [4.78, 5) is 16.3. The third kappa shape index (κ3) is 7.82. The van der Waals surface area contributed by atoms with E-state index in [1.165, 1.54) is 0 Å². The molecule has 0 amide bonds. The first-order chi connectivity index (χ1) is 18.8. The molecule has 8 rings (SSSR count). The number of nitrogens with zero attached hydrogens (tertiary/aromatic N) is 2. The number of fused-ring (bicyclic) bond motifs is 2. The van der Waals surface area contributed by atoms with Crippen LogP contribution in [0.15, 0.2) is 36.4 Å². The fraction of sp³-hybridized carbons (Fsp3) is 0. The van der Waals surface area contributed by atoms with Gasteiger partial charge in [-0.15, -0.1) is 0 Å². The van der Waals surface area contributed by atoms with Crippen molar-refractivity contribution in [3.8, 4) is 11.1 Å². The molecule has 6 heteroatoms. The first-order valence-corrected chi connectivity index (χ1v) is 12.6. The molecule has 0 saturated heterocycles. The van der Waals surface area contributed by atoms with Crippen LogP contribution in [0.3, 0.4) is 0 Å². The van der Waals surface area contributed by atoms with Crippen LogP contribution in [0.4, 0.5) is 0 Å². The minimum absolute atomic E-state index is 0. The first-order valence-electron chi connectivity index (χ1n) is 12.6. The number of rotatable bonds is 3. The van der Waals surface area contributed by atoms with Gasteiger partial charge in [-0.2, -0.15) is 0 Å². The van der Waals surface area contributed by atoms with Crippen molar-refractivity contribution in [2.75, 3.05) is 0 Å². The molecule has 0 unspecified atom stereocenters. The second-order valence-electron chi connectivity index (χ2n) is 8.91. The van der Waals surface area contributed by atoms with Gasteiger partial charge in [-0.05, 0) is 151 Å². The SMILES string of the molecule is [CH]1[CH][CH][CH][CH]1.[CH]1[CH][CH][CH][CH]1.[CH]1[CH][CH][C](c2nc3ccc(-c4ccc5nc([C]6[CH][CH][CH][CH]6)[nH]c5c4)cc3[nH]2)[CH]1.[Fe+2].[Fe+2]. The van der Waals surface area contributed by atoms with Crippen LogP contribution in [0.1, 0.15) is 11.6 Å². The fourth-order valence-corrected chi connectivity index (χ4v) is 4.36. The van der Waals surface area contributed by atoms with Crippen molar-refractivity contribution in [2.24, 2.45) is 0 Å². The van der Waals surface area contributed by atoms with Crippen LogP contribution in [0.25, 0.3) is 33.2 Å². The van der Waals surface area contributed by atoms with Gasteiger partial charge in [0.2, 0.25) is 0 Å². The zero-order valence-electron chi connectivity index (χ0n) is 21.5. The van der Waals surface area contributed by atoms with E-state index in [0.29, 0.717) is 0 Å². The molecule has 0 bridgehead atoms. The van der Waals surface area contributed by atoms with Crippen LogP contribution in [0.2, 0.25) is 0 Å². The number of hydrogen-bond donors (Lipinski definition) is 2. The van der Waals surface area contributed by atoms with E-state index < -0.39 is 0 Å². The van der Waals surface area contributed by atoms with Gasteiger partial charge in [-0.3, -0.25) is 0 Å². The van der Waals surface area contributed by atoms with Crippen molar-refractivity contribution in [3.05, 3.63) is 175 Å². The maximum atomic E-state index is 4.70. The molecule has 2 heterocycles. The Hall–Kier alpha value is -1.58. The van der Waals surface area contributed by atoms with Crippen LogP contribution in [0, 0.1) is 127 Å². The van der Waals surface area contributed by atoms with Gasteiger partial charge in [0.05, 0.1) is 22.1 Å². The Morgan fingerprint density at radius 2 is 0.725 bits per heavy atom. The van der Waals surface area contributed by atoms with Crippen LogP contribution in [-0.4, -0.2) is 19.9 Å².